The van der Waals surface area contributed by atoms with Crippen LogP contribution in [0.5, 0.6) is 0 Å². The molecule has 0 N–H and O–H groups in total. The molecule has 0 bridgehead atoms. The Morgan fingerprint density at radius 2 is 1.95 bits per heavy atom. The van der Waals surface area contributed by atoms with Crippen LogP contribution in [-0.2, 0) is 7.05 Å². The molecule has 0 aliphatic heterocycles. The van der Waals surface area contributed by atoms with E-state index in [0.29, 0.717) is 0 Å². The molecule has 0 atom stereocenters. The highest BCUT2D eigenvalue weighted by Crippen LogP contribution is 2.27. The van der Waals surface area contributed by atoms with Crippen molar-refractivity contribution in [2.45, 2.75) is 6.92 Å². The van der Waals surface area contributed by atoms with E-state index >= 15 is 0 Å². The molecule has 0 saturated heterocycles. The minimum atomic E-state index is 0.718. The summed E-state index contributed by atoms with van der Waals surface area (Å²) in [4.78, 5) is 10.7. The summed E-state index contributed by atoms with van der Waals surface area (Å²) >= 11 is 0. The second-order valence-electron chi connectivity index (χ2n) is 4.16. The molecule has 0 amide bonds. The van der Waals surface area contributed by atoms with Crippen molar-refractivity contribution in [1.82, 2.24) is 25.0 Å². The van der Waals surface area contributed by atoms with Crippen molar-refractivity contribution in [2.75, 3.05) is 11.4 Å². The second kappa shape index (κ2) is 4.64. The van der Waals surface area contributed by atoms with E-state index in [2.05, 4.69) is 32.1 Å². The summed E-state index contributed by atoms with van der Waals surface area (Å²) in [6, 6.07) is 10.1. The molecule has 0 unspecified atom stereocenters. The smallest absolute Gasteiger partial charge is 0.183 e. The molecule has 1 aromatic carbocycles. The Morgan fingerprint density at radius 1 is 1.16 bits per heavy atom. The predicted octanol–water partition coefficient (Wildman–Crippen LogP) is 1.92. The summed E-state index contributed by atoms with van der Waals surface area (Å²) in [7, 11) is 1.82. The SMILES string of the molecule is CCN(c1ccccc1)c1ncnc2c1nnn2C. The fourth-order valence-corrected chi connectivity index (χ4v) is 2.10. The van der Waals surface area contributed by atoms with E-state index < -0.39 is 0 Å². The molecular weight excluding hydrogens is 240 g/mol. The quantitative estimate of drug-likeness (QED) is 0.714. The van der Waals surface area contributed by atoms with Gasteiger partial charge in [-0.05, 0) is 19.1 Å². The van der Waals surface area contributed by atoms with Gasteiger partial charge in [0.05, 0.1) is 0 Å². The van der Waals surface area contributed by atoms with E-state index in [-0.39, 0.29) is 0 Å². The van der Waals surface area contributed by atoms with Crippen molar-refractivity contribution in [3.05, 3.63) is 36.7 Å². The summed E-state index contributed by atoms with van der Waals surface area (Å²) < 4.78 is 1.65. The van der Waals surface area contributed by atoms with E-state index in [1.165, 1.54) is 0 Å². The van der Waals surface area contributed by atoms with Crippen LogP contribution < -0.4 is 4.90 Å². The van der Waals surface area contributed by atoms with Crippen molar-refractivity contribution in [3.63, 3.8) is 0 Å². The molecule has 0 aliphatic rings. The molecule has 6 nitrogen and oxygen atoms in total. The van der Waals surface area contributed by atoms with Crippen molar-refractivity contribution in [2.24, 2.45) is 7.05 Å². The number of nitrogens with zero attached hydrogens (tertiary/aromatic N) is 6. The highest BCUT2D eigenvalue weighted by atomic mass is 15.4. The topological polar surface area (TPSA) is 59.7 Å². The van der Waals surface area contributed by atoms with Crippen LogP contribution in [0.3, 0.4) is 0 Å². The summed E-state index contributed by atoms with van der Waals surface area (Å²) in [6.45, 7) is 2.88. The Labute approximate surface area is 110 Å². The summed E-state index contributed by atoms with van der Waals surface area (Å²) in [5.41, 5.74) is 2.53. The van der Waals surface area contributed by atoms with E-state index in [1.807, 2.05) is 37.4 Å². The van der Waals surface area contributed by atoms with Crippen molar-refractivity contribution >= 4 is 22.7 Å². The first kappa shape index (κ1) is 11.6. The maximum absolute atomic E-state index is 4.37. The lowest BCUT2D eigenvalue weighted by Crippen LogP contribution is -2.17. The first-order valence-electron chi connectivity index (χ1n) is 6.14. The van der Waals surface area contributed by atoms with Crippen LogP contribution in [0.4, 0.5) is 11.5 Å². The Hall–Kier alpha value is -2.50. The van der Waals surface area contributed by atoms with Crippen LogP contribution in [0.25, 0.3) is 11.2 Å². The molecule has 3 rings (SSSR count). The van der Waals surface area contributed by atoms with Gasteiger partial charge in [-0.2, -0.15) is 0 Å². The fourth-order valence-electron chi connectivity index (χ4n) is 2.10. The molecule has 6 heteroatoms. The lowest BCUT2D eigenvalue weighted by molar-refractivity contribution is 0.729. The minimum Gasteiger partial charge on any atom is -0.325 e. The third-order valence-corrected chi connectivity index (χ3v) is 3.01. The van der Waals surface area contributed by atoms with Gasteiger partial charge in [0, 0.05) is 19.3 Å². The Balaban J connectivity index is 2.17. The van der Waals surface area contributed by atoms with Crippen molar-refractivity contribution < 1.29 is 0 Å². The molecule has 0 saturated carbocycles. The van der Waals surface area contributed by atoms with Gasteiger partial charge in [-0.1, -0.05) is 23.4 Å². The number of aryl methyl sites for hydroxylation is 1. The normalized spacial score (nSPS) is 10.8. The zero-order chi connectivity index (χ0) is 13.2. The van der Waals surface area contributed by atoms with Crippen LogP contribution in [0, 0.1) is 0 Å². The predicted molar refractivity (Wildman–Crippen MR) is 73.2 cm³/mol. The number of fused-ring (bicyclic) bond motifs is 1. The van der Waals surface area contributed by atoms with E-state index in [4.69, 9.17) is 0 Å². The van der Waals surface area contributed by atoms with Crippen molar-refractivity contribution in [3.8, 4) is 0 Å². The van der Waals surface area contributed by atoms with Gasteiger partial charge in [-0.3, -0.25) is 0 Å². The minimum absolute atomic E-state index is 0.718. The molecule has 2 aromatic heterocycles. The molecule has 3 aromatic rings. The number of aromatic nitrogens is 5. The van der Waals surface area contributed by atoms with Gasteiger partial charge in [-0.15, -0.1) is 5.10 Å². The zero-order valence-electron chi connectivity index (χ0n) is 10.9. The number of para-hydroxylation sites is 1. The van der Waals surface area contributed by atoms with Crippen LogP contribution in [0.15, 0.2) is 36.7 Å². The van der Waals surface area contributed by atoms with Crippen LogP contribution >= 0.6 is 0 Å². The molecule has 0 fully saturated rings. The molecule has 0 spiro atoms. The van der Waals surface area contributed by atoms with Crippen LogP contribution in [-0.4, -0.2) is 31.5 Å². The monoisotopic (exact) mass is 254 g/mol. The number of hydrogen-bond acceptors (Lipinski definition) is 5. The summed E-state index contributed by atoms with van der Waals surface area (Å²) in [5, 5.41) is 8.16. The Morgan fingerprint density at radius 3 is 2.68 bits per heavy atom. The third kappa shape index (κ3) is 1.91. The average Bonchev–Trinajstić information content (AvgIpc) is 2.84. The maximum atomic E-state index is 4.37. The lowest BCUT2D eigenvalue weighted by atomic mass is 10.3. The first-order chi connectivity index (χ1) is 9.31. The van der Waals surface area contributed by atoms with Gasteiger partial charge in [-0.25, -0.2) is 14.6 Å². The summed E-state index contributed by atoms with van der Waals surface area (Å²) in [5.74, 6) is 0.784. The molecule has 2 heterocycles. The number of rotatable bonds is 3. The van der Waals surface area contributed by atoms with E-state index in [9.17, 15) is 0 Å². The maximum Gasteiger partial charge on any atom is 0.183 e. The second-order valence-corrected chi connectivity index (χ2v) is 4.16. The van der Waals surface area contributed by atoms with E-state index in [0.717, 1.165) is 29.2 Å². The number of hydrogen-bond donors (Lipinski definition) is 0. The standard InChI is InChI=1S/C13H14N6/c1-3-19(10-7-5-4-6-8-10)13-11-12(14-9-15-13)18(2)17-16-11/h4-9H,3H2,1-2H3. The fraction of sp³-hybridized carbons (Fsp3) is 0.231. The molecule has 19 heavy (non-hydrogen) atoms. The Kier molecular flexibility index (Phi) is 2.83. The van der Waals surface area contributed by atoms with Gasteiger partial charge >= 0.3 is 0 Å². The Bertz CT molecular complexity index is 691. The average molecular weight is 254 g/mol. The molecule has 0 aliphatic carbocycles. The number of benzene rings is 1. The highest BCUT2D eigenvalue weighted by molar-refractivity contribution is 5.85. The van der Waals surface area contributed by atoms with Gasteiger partial charge in [0.1, 0.15) is 6.33 Å². The largest absolute Gasteiger partial charge is 0.325 e. The number of anilines is 2. The third-order valence-electron chi connectivity index (χ3n) is 3.01. The van der Waals surface area contributed by atoms with E-state index in [1.54, 1.807) is 11.0 Å². The lowest BCUT2D eigenvalue weighted by Gasteiger charge is -2.21. The zero-order valence-corrected chi connectivity index (χ0v) is 10.9. The van der Waals surface area contributed by atoms with Gasteiger partial charge in [0.2, 0.25) is 0 Å². The van der Waals surface area contributed by atoms with Crippen molar-refractivity contribution in [1.29, 1.82) is 0 Å². The first-order valence-corrected chi connectivity index (χ1v) is 6.14. The molecule has 96 valence electrons. The van der Waals surface area contributed by atoms with Gasteiger partial charge in [0.15, 0.2) is 17.0 Å². The van der Waals surface area contributed by atoms with Gasteiger partial charge < -0.3 is 4.90 Å². The van der Waals surface area contributed by atoms with Crippen LogP contribution in [0.1, 0.15) is 6.92 Å². The van der Waals surface area contributed by atoms with Crippen LogP contribution in [0.2, 0.25) is 0 Å². The molecular formula is C13H14N6. The van der Waals surface area contributed by atoms with Gasteiger partial charge in [0.25, 0.3) is 0 Å². The highest BCUT2D eigenvalue weighted by Gasteiger charge is 2.16. The summed E-state index contributed by atoms with van der Waals surface area (Å²) in [6.07, 6.45) is 1.55. The molecule has 0 radical (unpaired) electrons.